The van der Waals surface area contributed by atoms with E-state index in [-0.39, 0.29) is 28.8 Å². The van der Waals surface area contributed by atoms with Gasteiger partial charge in [0.25, 0.3) is 10.0 Å². The molecule has 8 nitrogen and oxygen atoms in total. The Morgan fingerprint density at radius 1 is 0.974 bits per heavy atom. The molecule has 0 aromatic heterocycles. The first-order valence-corrected chi connectivity index (χ1v) is 14.5. The standard InChI is InChI=1S/C29H34ClN3O5S/c1-5-25(29(35)31-6-2)32(19-22-11-7-8-12-24(22)30)28(34)20-33(26-13-9-10-14-27(26)38-4)39(36,37)23-17-15-21(3)16-18-23/h7-18,25H,5-6,19-20H2,1-4H3,(H,31,35)/t25-/m1/s1. The number of rotatable bonds is 12. The lowest BCUT2D eigenvalue weighted by atomic mass is 10.1. The predicted molar refractivity (Wildman–Crippen MR) is 153 cm³/mol. The number of carbonyl (C=O) groups is 2. The molecule has 3 aromatic carbocycles. The van der Waals surface area contributed by atoms with Crippen molar-refractivity contribution in [3.8, 4) is 5.75 Å². The second-order valence-corrected chi connectivity index (χ2v) is 11.2. The minimum absolute atomic E-state index is 0.0263. The Morgan fingerprint density at radius 3 is 2.23 bits per heavy atom. The van der Waals surface area contributed by atoms with Crippen molar-refractivity contribution < 1.29 is 22.7 Å². The van der Waals surface area contributed by atoms with Gasteiger partial charge in [0.1, 0.15) is 18.3 Å². The summed E-state index contributed by atoms with van der Waals surface area (Å²) < 4.78 is 34.4. The van der Waals surface area contributed by atoms with Crippen molar-refractivity contribution >= 4 is 39.1 Å². The highest BCUT2D eigenvalue weighted by atomic mass is 35.5. The number of hydrogen-bond acceptors (Lipinski definition) is 5. The van der Waals surface area contributed by atoms with Gasteiger partial charge in [-0.05, 0) is 56.2 Å². The summed E-state index contributed by atoms with van der Waals surface area (Å²) in [7, 11) is -2.76. The number of anilines is 1. The summed E-state index contributed by atoms with van der Waals surface area (Å²) in [6.07, 6.45) is 0.321. The summed E-state index contributed by atoms with van der Waals surface area (Å²) in [6.45, 7) is 5.31. The van der Waals surface area contributed by atoms with Gasteiger partial charge >= 0.3 is 0 Å². The lowest BCUT2D eigenvalue weighted by Crippen LogP contribution is -2.52. The van der Waals surface area contributed by atoms with Gasteiger partial charge in [0.05, 0.1) is 17.7 Å². The predicted octanol–water partition coefficient (Wildman–Crippen LogP) is 4.80. The number of sulfonamides is 1. The lowest BCUT2D eigenvalue weighted by Gasteiger charge is -2.33. The monoisotopic (exact) mass is 571 g/mol. The van der Waals surface area contributed by atoms with Crippen LogP contribution in [0, 0.1) is 6.92 Å². The molecule has 0 saturated carbocycles. The van der Waals surface area contributed by atoms with Gasteiger partial charge in [-0.2, -0.15) is 0 Å². The first-order valence-electron chi connectivity index (χ1n) is 12.7. The summed E-state index contributed by atoms with van der Waals surface area (Å²) in [6, 6.07) is 19.2. The number of likely N-dealkylation sites (N-methyl/N-ethyl adjacent to an activating group) is 1. The molecule has 1 N–H and O–H groups in total. The number of nitrogens with zero attached hydrogens (tertiary/aromatic N) is 2. The molecule has 0 radical (unpaired) electrons. The van der Waals surface area contributed by atoms with Crippen LogP contribution in [0.4, 0.5) is 5.69 Å². The number of methoxy groups -OCH3 is 1. The summed E-state index contributed by atoms with van der Waals surface area (Å²) in [5, 5.41) is 3.22. The van der Waals surface area contributed by atoms with Gasteiger partial charge in [0, 0.05) is 18.1 Å². The summed E-state index contributed by atoms with van der Waals surface area (Å²) >= 11 is 6.41. The molecule has 3 aromatic rings. The topological polar surface area (TPSA) is 96.0 Å². The van der Waals surface area contributed by atoms with Crippen molar-refractivity contribution in [2.75, 3.05) is 24.5 Å². The van der Waals surface area contributed by atoms with Gasteiger partial charge in [-0.1, -0.05) is 66.6 Å². The van der Waals surface area contributed by atoms with E-state index in [1.165, 1.54) is 24.1 Å². The SMILES string of the molecule is CCNC(=O)[C@@H](CC)N(Cc1ccccc1Cl)C(=O)CN(c1ccccc1OC)S(=O)(=O)c1ccc(C)cc1. The number of para-hydroxylation sites is 2. The number of aryl methyl sites for hydroxylation is 1. The molecule has 2 amide bonds. The largest absolute Gasteiger partial charge is 0.495 e. The van der Waals surface area contributed by atoms with Gasteiger partial charge in [0.15, 0.2) is 0 Å². The van der Waals surface area contributed by atoms with Crippen LogP contribution >= 0.6 is 11.6 Å². The van der Waals surface area contributed by atoms with Crippen molar-refractivity contribution in [3.63, 3.8) is 0 Å². The maximum Gasteiger partial charge on any atom is 0.264 e. The molecule has 39 heavy (non-hydrogen) atoms. The van der Waals surface area contributed by atoms with E-state index in [2.05, 4.69) is 5.32 Å². The molecular weight excluding hydrogens is 538 g/mol. The highest BCUT2D eigenvalue weighted by Gasteiger charge is 2.34. The third-order valence-electron chi connectivity index (χ3n) is 6.28. The van der Waals surface area contributed by atoms with Crippen molar-refractivity contribution in [2.24, 2.45) is 0 Å². The molecule has 10 heteroatoms. The summed E-state index contributed by atoms with van der Waals surface area (Å²) in [5.41, 5.74) is 1.74. The van der Waals surface area contributed by atoms with E-state index in [4.69, 9.17) is 16.3 Å². The zero-order valence-corrected chi connectivity index (χ0v) is 24.1. The minimum Gasteiger partial charge on any atom is -0.495 e. The van der Waals surface area contributed by atoms with Crippen LogP contribution in [0.15, 0.2) is 77.7 Å². The molecule has 3 rings (SSSR count). The molecule has 0 bridgehead atoms. The van der Waals surface area contributed by atoms with Crippen molar-refractivity contribution in [1.82, 2.24) is 10.2 Å². The molecule has 0 heterocycles. The van der Waals surface area contributed by atoms with Crippen LogP contribution in [-0.2, 0) is 26.2 Å². The number of ether oxygens (including phenoxy) is 1. The van der Waals surface area contributed by atoms with Crippen LogP contribution in [-0.4, -0.2) is 51.4 Å². The molecule has 1 atom stereocenters. The number of halogens is 1. The second-order valence-electron chi connectivity index (χ2n) is 8.93. The van der Waals surface area contributed by atoms with Crippen LogP contribution < -0.4 is 14.4 Å². The van der Waals surface area contributed by atoms with Crippen molar-refractivity contribution in [2.45, 2.75) is 44.7 Å². The van der Waals surface area contributed by atoms with Crippen LogP contribution in [0.3, 0.4) is 0 Å². The third kappa shape index (κ3) is 7.10. The highest BCUT2D eigenvalue weighted by molar-refractivity contribution is 7.92. The average molecular weight is 572 g/mol. The molecular formula is C29H34ClN3O5S. The normalized spacial score (nSPS) is 11.9. The molecule has 0 fully saturated rings. The Labute approximate surface area is 235 Å². The number of benzene rings is 3. The van der Waals surface area contributed by atoms with E-state index >= 15 is 0 Å². The van der Waals surface area contributed by atoms with Crippen LogP contribution in [0.2, 0.25) is 5.02 Å². The number of hydrogen-bond donors (Lipinski definition) is 1. The van der Waals surface area contributed by atoms with Gasteiger partial charge in [-0.3, -0.25) is 13.9 Å². The average Bonchev–Trinajstić information content (AvgIpc) is 2.92. The quantitative estimate of drug-likeness (QED) is 0.337. The fourth-order valence-electron chi connectivity index (χ4n) is 4.21. The van der Waals surface area contributed by atoms with Gasteiger partial charge in [-0.25, -0.2) is 8.42 Å². The van der Waals surface area contributed by atoms with E-state index in [0.29, 0.717) is 23.6 Å². The Bertz CT molecular complexity index is 1400. The molecule has 0 aliphatic rings. The van der Waals surface area contributed by atoms with Gasteiger partial charge in [0.2, 0.25) is 11.8 Å². The molecule has 208 valence electrons. The van der Waals surface area contributed by atoms with E-state index in [1.54, 1.807) is 74.5 Å². The van der Waals surface area contributed by atoms with Crippen LogP contribution in [0.5, 0.6) is 5.75 Å². The van der Waals surface area contributed by atoms with E-state index in [9.17, 15) is 18.0 Å². The first kappa shape index (κ1) is 30.0. The Kier molecular flexibility index (Phi) is 10.4. The number of nitrogens with one attached hydrogen (secondary N) is 1. The number of carbonyl (C=O) groups excluding carboxylic acids is 2. The fourth-order valence-corrected chi connectivity index (χ4v) is 5.83. The van der Waals surface area contributed by atoms with E-state index in [1.807, 2.05) is 6.92 Å². The maximum absolute atomic E-state index is 14.0. The van der Waals surface area contributed by atoms with Crippen molar-refractivity contribution in [3.05, 3.63) is 88.9 Å². The molecule has 0 spiro atoms. The van der Waals surface area contributed by atoms with Crippen molar-refractivity contribution in [1.29, 1.82) is 0 Å². The summed E-state index contributed by atoms with van der Waals surface area (Å²) in [5.74, 6) is -0.602. The molecule has 0 unspecified atom stereocenters. The Balaban J connectivity index is 2.11. The maximum atomic E-state index is 14.0. The Morgan fingerprint density at radius 2 is 1.62 bits per heavy atom. The van der Waals surface area contributed by atoms with Gasteiger partial charge < -0.3 is 15.0 Å². The lowest BCUT2D eigenvalue weighted by molar-refractivity contribution is -0.140. The zero-order chi connectivity index (χ0) is 28.6. The van der Waals surface area contributed by atoms with Crippen LogP contribution in [0.25, 0.3) is 0 Å². The zero-order valence-electron chi connectivity index (χ0n) is 22.6. The second kappa shape index (κ2) is 13.5. The summed E-state index contributed by atoms with van der Waals surface area (Å²) in [4.78, 5) is 28.5. The third-order valence-corrected chi connectivity index (χ3v) is 8.42. The minimum atomic E-state index is -4.20. The Hall–Kier alpha value is -3.56. The molecule has 0 saturated heterocycles. The number of amides is 2. The van der Waals surface area contributed by atoms with Gasteiger partial charge in [-0.15, -0.1) is 0 Å². The smallest absolute Gasteiger partial charge is 0.264 e. The molecule has 0 aliphatic carbocycles. The highest BCUT2D eigenvalue weighted by Crippen LogP contribution is 2.33. The fraction of sp³-hybridized carbons (Fsp3) is 0.310. The van der Waals surface area contributed by atoms with Crippen LogP contribution in [0.1, 0.15) is 31.4 Å². The molecule has 0 aliphatic heterocycles. The van der Waals surface area contributed by atoms with E-state index in [0.717, 1.165) is 9.87 Å². The van der Waals surface area contributed by atoms with E-state index < -0.39 is 28.5 Å². The first-order chi connectivity index (χ1) is 18.6.